The standard InChI is InChI=1S/C11H9IN4O3/c12-8-2-1-3-9(6-8)13-11(17)7-15-5-4-10(14-15)16(18)19/h1-6H,7H2,(H,13,17). The highest BCUT2D eigenvalue weighted by Crippen LogP contribution is 2.12. The SMILES string of the molecule is O=C(Cn1ccc([N+](=O)[O-])n1)Nc1cccc(I)c1. The van der Waals surface area contributed by atoms with Crippen molar-refractivity contribution in [2.45, 2.75) is 6.54 Å². The number of halogens is 1. The van der Waals surface area contributed by atoms with E-state index in [1.54, 1.807) is 6.07 Å². The largest absolute Gasteiger partial charge is 0.389 e. The normalized spacial score (nSPS) is 10.2. The summed E-state index contributed by atoms with van der Waals surface area (Å²) in [7, 11) is 0. The van der Waals surface area contributed by atoms with Crippen LogP contribution < -0.4 is 5.32 Å². The van der Waals surface area contributed by atoms with Gasteiger partial charge in [-0.2, -0.15) is 4.68 Å². The number of nitrogens with one attached hydrogen (secondary N) is 1. The highest BCUT2D eigenvalue weighted by atomic mass is 127. The highest BCUT2D eigenvalue weighted by molar-refractivity contribution is 14.1. The van der Waals surface area contributed by atoms with E-state index in [1.807, 2.05) is 18.2 Å². The van der Waals surface area contributed by atoms with Crippen LogP contribution in [0, 0.1) is 13.7 Å². The van der Waals surface area contributed by atoms with Gasteiger partial charge in [-0.1, -0.05) is 6.07 Å². The number of carbonyl (C=O) groups is 1. The van der Waals surface area contributed by atoms with Crippen molar-refractivity contribution in [1.29, 1.82) is 0 Å². The summed E-state index contributed by atoms with van der Waals surface area (Å²) in [6, 6.07) is 8.58. The Bertz CT molecular complexity index is 626. The van der Waals surface area contributed by atoms with E-state index in [0.717, 1.165) is 3.57 Å². The molecule has 7 nitrogen and oxygen atoms in total. The average molecular weight is 372 g/mol. The molecule has 98 valence electrons. The van der Waals surface area contributed by atoms with Crippen LogP contribution >= 0.6 is 22.6 Å². The Balaban J connectivity index is 1.99. The second kappa shape index (κ2) is 5.78. The monoisotopic (exact) mass is 372 g/mol. The molecule has 1 heterocycles. The molecule has 0 radical (unpaired) electrons. The van der Waals surface area contributed by atoms with Gasteiger partial charge in [0.05, 0.1) is 17.4 Å². The van der Waals surface area contributed by atoms with E-state index in [9.17, 15) is 14.9 Å². The summed E-state index contributed by atoms with van der Waals surface area (Å²) < 4.78 is 2.23. The van der Waals surface area contributed by atoms with Crippen LogP contribution in [0.15, 0.2) is 36.5 Å². The molecular formula is C11H9IN4O3. The van der Waals surface area contributed by atoms with Gasteiger partial charge < -0.3 is 15.4 Å². The van der Waals surface area contributed by atoms with Gasteiger partial charge in [0.15, 0.2) is 0 Å². The van der Waals surface area contributed by atoms with Crippen molar-refractivity contribution in [2.24, 2.45) is 0 Å². The van der Waals surface area contributed by atoms with E-state index in [0.29, 0.717) is 5.69 Å². The van der Waals surface area contributed by atoms with E-state index in [1.165, 1.54) is 16.9 Å². The van der Waals surface area contributed by atoms with Gasteiger partial charge in [0.1, 0.15) is 6.54 Å². The molecule has 8 heteroatoms. The molecule has 0 atom stereocenters. The highest BCUT2D eigenvalue weighted by Gasteiger charge is 2.13. The predicted octanol–water partition coefficient (Wildman–Crippen LogP) is 2.03. The van der Waals surface area contributed by atoms with Gasteiger partial charge >= 0.3 is 5.82 Å². The average Bonchev–Trinajstić information content (AvgIpc) is 2.77. The second-order valence-corrected chi connectivity index (χ2v) is 4.93. The number of nitro groups is 1. The van der Waals surface area contributed by atoms with Gasteiger partial charge in [-0.05, 0) is 45.7 Å². The summed E-state index contributed by atoms with van der Waals surface area (Å²) in [5.74, 6) is -0.568. The number of hydrogen-bond donors (Lipinski definition) is 1. The molecule has 0 saturated heterocycles. The fourth-order valence-corrected chi connectivity index (χ4v) is 1.99. The van der Waals surface area contributed by atoms with Gasteiger partial charge in [0.25, 0.3) is 0 Å². The molecule has 0 aliphatic carbocycles. The zero-order valence-electron chi connectivity index (χ0n) is 9.62. The third kappa shape index (κ3) is 3.74. The lowest BCUT2D eigenvalue weighted by Crippen LogP contribution is -2.19. The number of nitrogens with zero attached hydrogens (tertiary/aromatic N) is 3. The summed E-state index contributed by atoms with van der Waals surface area (Å²) in [5.41, 5.74) is 0.679. The molecule has 0 spiro atoms. The Morgan fingerprint density at radius 1 is 1.47 bits per heavy atom. The number of amides is 1. The molecule has 1 amide bonds. The van der Waals surface area contributed by atoms with Crippen LogP contribution in [0.5, 0.6) is 0 Å². The molecule has 19 heavy (non-hydrogen) atoms. The molecule has 0 bridgehead atoms. The minimum atomic E-state index is -0.603. The Hall–Kier alpha value is -1.97. The lowest BCUT2D eigenvalue weighted by atomic mass is 10.3. The minimum Gasteiger partial charge on any atom is -0.358 e. The molecule has 1 aromatic heterocycles. The van der Waals surface area contributed by atoms with E-state index < -0.39 is 4.92 Å². The zero-order valence-corrected chi connectivity index (χ0v) is 11.8. The van der Waals surface area contributed by atoms with Gasteiger partial charge in [0.2, 0.25) is 5.91 Å². The third-order valence-corrected chi connectivity index (χ3v) is 2.90. The van der Waals surface area contributed by atoms with Crippen LogP contribution in [0.1, 0.15) is 0 Å². The summed E-state index contributed by atoms with van der Waals surface area (Å²) in [6.45, 7) is -0.0701. The number of aromatic nitrogens is 2. The molecule has 2 aromatic rings. The number of benzene rings is 1. The fraction of sp³-hybridized carbons (Fsp3) is 0.0909. The number of anilines is 1. The van der Waals surface area contributed by atoms with E-state index >= 15 is 0 Å². The van der Waals surface area contributed by atoms with Gasteiger partial charge in [-0.3, -0.25) is 4.79 Å². The Morgan fingerprint density at radius 3 is 2.89 bits per heavy atom. The van der Waals surface area contributed by atoms with Crippen molar-refractivity contribution in [3.8, 4) is 0 Å². The molecule has 1 aromatic carbocycles. The van der Waals surface area contributed by atoms with Gasteiger partial charge in [-0.25, -0.2) is 0 Å². The third-order valence-electron chi connectivity index (χ3n) is 2.23. The molecule has 0 unspecified atom stereocenters. The van der Waals surface area contributed by atoms with Crippen LogP contribution in [0.2, 0.25) is 0 Å². The lowest BCUT2D eigenvalue weighted by molar-refractivity contribution is -0.389. The minimum absolute atomic E-state index is 0.0701. The van der Waals surface area contributed by atoms with Gasteiger partial charge in [0, 0.05) is 9.26 Å². The summed E-state index contributed by atoms with van der Waals surface area (Å²) in [6.07, 6.45) is 1.40. The topological polar surface area (TPSA) is 90.1 Å². The Labute approximate surface area is 121 Å². The van der Waals surface area contributed by atoms with E-state index in [4.69, 9.17) is 0 Å². The Kier molecular flexibility index (Phi) is 4.10. The molecule has 0 saturated carbocycles. The first kappa shape index (κ1) is 13.5. The lowest BCUT2D eigenvalue weighted by Gasteiger charge is -2.04. The molecular weight excluding hydrogens is 363 g/mol. The number of carbonyl (C=O) groups excluding carboxylic acids is 1. The maximum Gasteiger partial charge on any atom is 0.389 e. The van der Waals surface area contributed by atoms with Crippen LogP contribution in [0.4, 0.5) is 11.5 Å². The van der Waals surface area contributed by atoms with E-state index in [2.05, 4.69) is 33.0 Å². The first-order chi connectivity index (χ1) is 9.04. The molecule has 1 N–H and O–H groups in total. The smallest absolute Gasteiger partial charge is 0.358 e. The van der Waals surface area contributed by atoms with Crippen molar-refractivity contribution < 1.29 is 9.72 Å². The van der Waals surface area contributed by atoms with E-state index in [-0.39, 0.29) is 18.3 Å². The van der Waals surface area contributed by atoms with Crippen molar-refractivity contribution in [1.82, 2.24) is 9.78 Å². The Morgan fingerprint density at radius 2 is 2.26 bits per heavy atom. The number of hydrogen-bond acceptors (Lipinski definition) is 4. The first-order valence-electron chi connectivity index (χ1n) is 5.28. The van der Waals surface area contributed by atoms with Crippen LogP contribution in [-0.2, 0) is 11.3 Å². The quantitative estimate of drug-likeness (QED) is 0.505. The van der Waals surface area contributed by atoms with Gasteiger partial charge in [-0.15, -0.1) is 0 Å². The summed E-state index contributed by atoms with van der Waals surface area (Å²) in [4.78, 5) is 21.6. The van der Waals surface area contributed by atoms with Crippen molar-refractivity contribution in [3.63, 3.8) is 0 Å². The first-order valence-corrected chi connectivity index (χ1v) is 6.36. The van der Waals surface area contributed by atoms with Crippen LogP contribution in [0.3, 0.4) is 0 Å². The number of rotatable bonds is 4. The van der Waals surface area contributed by atoms with Crippen molar-refractivity contribution >= 4 is 40.0 Å². The maximum absolute atomic E-state index is 11.7. The predicted molar refractivity (Wildman–Crippen MR) is 76.7 cm³/mol. The molecule has 2 rings (SSSR count). The van der Waals surface area contributed by atoms with Crippen LogP contribution in [-0.4, -0.2) is 20.6 Å². The molecule has 0 aliphatic rings. The van der Waals surface area contributed by atoms with Crippen molar-refractivity contribution in [3.05, 3.63) is 50.2 Å². The molecule has 0 aliphatic heterocycles. The summed E-state index contributed by atoms with van der Waals surface area (Å²) in [5, 5.41) is 16.8. The zero-order chi connectivity index (χ0) is 13.8. The molecule has 0 fully saturated rings. The fourth-order valence-electron chi connectivity index (χ4n) is 1.45. The maximum atomic E-state index is 11.7. The van der Waals surface area contributed by atoms with Crippen LogP contribution in [0.25, 0.3) is 0 Å². The van der Waals surface area contributed by atoms with Crippen molar-refractivity contribution in [2.75, 3.05) is 5.32 Å². The second-order valence-electron chi connectivity index (χ2n) is 3.69. The summed E-state index contributed by atoms with van der Waals surface area (Å²) >= 11 is 2.14.